The van der Waals surface area contributed by atoms with Gasteiger partial charge in [0.1, 0.15) is 11.5 Å². The second-order valence-electron chi connectivity index (χ2n) is 4.89. The summed E-state index contributed by atoms with van der Waals surface area (Å²) in [7, 11) is 0. The van der Waals surface area contributed by atoms with Crippen LogP contribution in [-0.4, -0.2) is 15.5 Å². The van der Waals surface area contributed by atoms with Crippen molar-refractivity contribution < 1.29 is 9.53 Å². The van der Waals surface area contributed by atoms with E-state index >= 15 is 0 Å². The van der Waals surface area contributed by atoms with Gasteiger partial charge in [0.2, 0.25) is 0 Å². The number of nitrogens with zero attached hydrogens (tertiary/aromatic N) is 2. The van der Waals surface area contributed by atoms with Crippen LogP contribution in [0.4, 0.5) is 0 Å². The topological polar surface area (TPSA) is 44.1 Å². The van der Waals surface area contributed by atoms with Gasteiger partial charge in [0.05, 0.1) is 18.6 Å². The third-order valence-electron chi connectivity index (χ3n) is 3.32. The van der Waals surface area contributed by atoms with Crippen LogP contribution in [0.1, 0.15) is 49.3 Å². The molecule has 0 amide bonds. The summed E-state index contributed by atoms with van der Waals surface area (Å²) in [6.45, 7) is 5.81. The van der Waals surface area contributed by atoms with Crippen molar-refractivity contribution in [3.63, 3.8) is 0 Å². The van der Waals surface area contributed by atoms with Crippen molar-refractivity contribution in [2.45, 2.75) is 33.2 Å². The quantitative estimate of drug-likeness (QED) is 0.616. The lowest BCUT2D eigenvalue weighted by Crippen LogP contribution is -2.15. The fourth-order valence-corrected chi connectivity index (χ4v) is 2.19. The van der Waals surface area contributed by atoms with Crippen molar-refractivity contribution >= 4 is 5.97 Å². The Morgan fingerprint density at radius 2 is 2.10 bits per heavy atom. The second-order valence-corrected chi connectivity index (χ2v) is 4.89. The Morgan fingerprint density at radius 1 is 1.38 bits per heavy atom. The van der Waals surface area contributed by atoms with Crippen LogP contribution in [0.3, 0.4) is 0 Å². The Kier molecular flexibility index (Phi) is 4.93. The van der Waals surface area contributed by atoms with Crippen LogP contribution in [-0.2, 0) is 4.74 Å². The van der Waals surface area contributed by atoms with Crippen molar-refractivity contribution in [1.29, 1.82) is 0 Å². The minimum atomic E-state index is -0.377. The highest BCUT2D eigenvalue weighted by Crippen LogP contribution is 2.20. The SMILES string of the molecule is CC/C=C(\C)OC(=O)c1cncn1[C@H](C)c1ccccc1. The number of imidazole rings is 1. The number of allylic oxidation sites excluding steroid dienone is 2. The minimum absolute atomic E-state index is 0.0201. The molecule has 0 N–H and O–H groups in total. The average Bonchev–Trinajstić information content (AvgIpc) is 2.97. The molecule has 2 rings (SSSR count). The largest absolute Gasteiger partial charge is 0.427 e. The van der Waals surface area contributed by atoms with Gasteiger partial charge in [-0.25, -0.2) is 9.78 Å². The molecule has 0 radical (unpaired) electrons. The van der Waals surface area contributed by atoms with E-state index in [-0.39, 0.29) is 12.0 Å². The van der Waals surface area contributed by atoms with Gasteiger partial charge in [-0.05, 0) is 31.9 Å². The van der Waals surface area contributed by atoms with Crippen molar-refractivity contribution in [1.82, 2.24) is 9.55 Å². The van der Waals surface area contributed by atoms with Gasteiger partial charge in [0.25, 0.3) is 0 Å². The smallest absolute Gasteiger partial charge is 0.361 e. The molecule has 0 spiro atoms. The van der Waals surface area contributed by atoms with E-state index in [1.54, 1.807) is 19.4 Å². The van der Waals surface area contributed by atoms with E-state index in [0.29, 0.717) is 11.5 Å². The summed E-state index contributed by atoms with van der Waals surface area (Å²) in [6, 6.07) is 10.0. The molecular formula is C17H20N2O2. The summed E-state index contributed by atoms with van der Waals surface area (Å²) in [5, 5.41) is 0. The van der Waals surface area contributed by atoms with E-state index in [9.17, 15) is 4.79 Å². The molecule has 0 bridgehead atoms. The molecule has 0 fully saturated rings. The lowest BCUT2D eigenvalue weighted by molar-refractivity contribution is 0.0612. The van der Waals surface area contributed by atoms with Crippen LogP contribution in [0.5, 0.6) is 0 Å². The monoisotopic (exact) mass is 284 g/mol. The molecule has 0 saturated heterocycles. The highest BCUT2D eigenvalue weighted by molar-refractivity contribution is 5.88. The van der Waals surface area contributed by atoms with Gasteiger partial charge in [0, 0.05) is 0 Å². The van der Waals surface area contributed by atoms with Gasteiger partial charge in [-0.1, -0.05) is 37.3 Å². The maximum Gasteiger partial charge on any atom is 0.361 e. The lowest BCUT2D eigenvalue weighted by atomic mass is 10.1. The zero-order valence-electron chi connectivity index (χ0n) is 12.6. The number of esters is 1. The van der Waals surface area contributed by atoms with E-state index in [1.807, 2.05) is 54.8 Å². The molecule has 21 heavy (non-hydrogen) atoms. The van der Waals surface area contributed by atoms with Crippen LogP contribution in [0, 0.1) is 0 Å². The third-order valence-corrected chi connectivity index (χ3v) is 3.32. The summed E-state index contributed by atoms with van der Waals surface area (Å²) in [4.78, 5) is 16.3. The predicted octanol–water partition coefficient (Wildman–Crippen LogP) is 3.96. The zero-order chi connectivity index (χ0) is 15.2. The fourth-order valence-electron chi connectivity index (χ4n) is 2.19. The maximum atomic E-state index is 12.2. The van der Waals surface area contributed by atoms with Crippen molar-refractivity contribution in [2.75, 3.05) is 0 Å². The van der Waals surface area contributed by atoms with Gasteiger partial charge in [-0.15, -0.1) is 0 Å². The number of carbonyl (C=O) groups is 1. The molecule has 1 heterocycles. The number of rotatable bonds is 5. The Hall–Kier alpha value is -2.36. The van der Waals surface area contributed by atoms with Gasteiger partial charge < -0.3 is 9.30 Å². The summed E-state index contributed by atoms with van der Waals surface area (Å²) in [6.07, 6.45) is 5.91. The normalized spacial score (nSPS) is 13.0. The van der Waals surface area contributed by atoms with Gasteiger partial charge in [0.15, 0.2) is 0 Å². The Labute approximate surface area is 125 Å². The molecule has 0 aliphatic rings. The molecule has 1 aromatic heterocycles. The first-order valence-electron chi connectivity index (χ1n) is 7.09. The van der Waals surface area contributed by atoms with Gasteiger partial charge >= 0.3 is 5.97 Å². The van der Waals surface area contributed by atoms with E-state index in [1.165, 1.54) is 0 Å². The number of hydrogen-bond acceptors (Lipinski definition) is 3. The van der Waals surface area contributed by atoms with Crippen LogP contribution in [0.15, 0.2) is 54.7 Å². The second kappa shape index (κ2) is 6.88. The summed E-state index contributed by atoms with van der Waals surface area (Å²) < 4.78 is 7.15. The van der Waals surface area contributed by atoms with E-state index in [2.05, 4.69) is 4.98 Å². The maximum absolute atomic E-state index is 12.2. The van der Waals surface area contributed by atoms with E-state index in [0.717, 1.165) is 12.0 Å². The van der Waals surface area contributed by atoms with Gasteiger partial charge in [-0.2, -0.15) is 0 Å². The molecule has 0 saturated carbocycles. The van der Waals surface area contributed by atoms with Crippen molar-refractivity contribution in [3.8, 4) is 0 Å². The Balaban J connectivity index is 2.22. The molecule has 0 aliphatic carbocycles. The molecule has 1 aromatic carbocycles. The highest BCUT2D eigenvalue weighted by Gasteiger charge is 2.18. The van der Waals surface area contributed by atoms with Crippen LogP contribution >= 0.6 is 0 Å². The fraction of sp³-hybridized carbons (Fsp3) is 0.294. The van der Waals surface area contributed by atoms with Crippen LogP contribution in [0.2, 0.25) is 0 Å². The summed E-state index contributed by atoms with van der Waals surface area (Å²) in [5.41, 5.74) is 1.57. The minimum Gasteiger partial charge on any atom is -0.427 e. The van der Waals surface area contributed by atoms with Crippen LogP contribution < -0.4 is 0 Å². The predicted molar refractivity (Wildman–Crippen MR) is 81.9 cm³/mol. The first kappa shape index (κ1) is 15.0. The summed E-state index contributed by atoms with van der Waals surface area (Å²) >= 11 is 0. The number of carbonyl (C=O) groups excluding carboxylic acids is 1. The zero-order valence-corrected chi connectivity index (χ0v) is 12.6. The third kappa shape index (κ3) is 3.60. The number of aromatic nitrogens is 2. The first-order chi connectivity index (χ1) is 10.1. The Morgan fingerprint density at radius 3 is 2.76 bits per heavy atom. The van der Waals surface area contributed by atoms with Gasteiger partial charge in [-0.3, -0.25) is 0 Å². The first-order valence-corrected chi connectivity index (χ1v) is 7.09. The number of benzene rings is 1. The Bertz CT molecular complexity index is 629. The lowest BCUT2D eigenvalue weighted by Gasteiger charge is -2.16. The molecular weight excluding hydrogens is 264 g/mol. The molecule has 4 heteroatoms. The molecule has 4 nitrogen and oxygen atoms in total. The van der Waals surface area contributed by atoms with Crippen LogP contribution in [0.25, 0.3) is 0 Å². The summed E-state index contributed by atoms with van der Waals surface area (Å²) in [5.74, 6) is 0.236. The van der Waals surface area contributed by atoms with E-state index < -0.39 is 0 Å². The molecule has 2 aromatic rings. The molecule has 0 unspecified atom stereocenters. The van der Waals surface area contributed by atoms with E-state index in [4.69, 9.17) is 4.74 Å². The molecule has 0 aliphatic heterocycles. The highest BCUT2D eigenvalue weighted by atomic mass is 16.5. The number of ether oxygens (including phenoxy) is 1. The average molecular weight is 284 g/mol. The standard InChI is InChI=1S/C17H20N2O2/c1-4-8-13(2)21-17(20)16-11-18-12-19(16)14(3)15-9-6-5-7-10-15/h5-12,14H,4H2,1-3H3/b13-8+/t14-/m1/s1. The van der Waals surface area contributed by atoms with Crippen molar-refractivity contribution in [2.24, 2.45) is 0 Å². The molecule has 110 valence electrons. The molecule has 1 atom stereocenters. The van der Waals surface area contributed by atoms with Crippen molar-refractivity contribution in [3.05, 3.63) is 65.9 Å². The number of hydrogen-bond donors (Lipinski definition) is 0.